The average molecular weight is 345 g/mol. The zero-order chi connectivity index (χ0) is 12.7. The van der Waals surface area contributed by atoms with Gasteiger partial charge in [-0.1, -0.05) is 52.9 Å². The number of hydrogen-bond donors (Lipinski definition) is 1. The van der Waals surface area contributed by atoms with E-state index in [0.717, 1.165) is 5.56 Å². The molecule has 1 aromatic carbocycles. The molecule has 4 heteroatoms. The lowest BCUT2D eigenvalue weighted by Gasteiger charge is -2.12. The van der Waals surface area contributed by atoms with Crippen LogP contribution in [0.15, 0.2) is 30.3 Å². The highest BCUT2D eigenvalue weighted by Gasteiger charge is 2.14. The van der Waals surface area contributed by atoms with Crippen LogP contribution in [0, 0.1) is 0 Å². The molecule has 0 radical (unpaired) electrons. The third-order valence-electron chi connectivity index (χ3n) is 2.46. The third-order valence-corrected chi connectivity index (χ3v) is 3.34. The first kappa shape index (κ1) is 14.2. The van der Waals surface area contributed by atoms with Gasteiger partial charge in [-0.3, -0.25) is 9.59 Å². The van der Waals surface area contributed by atoms with E-state index in [1.807, 2.05) is 30.3 Å². The molecule has 0 aliphatic rings. The zero-order valence-electron chi connectivity index (χ0n) is 9.78. The Kier molecular flexibility index (Phi) is 6.18. The van der Waals surface area contributed by atoms with E-state index in [0.29, 0.717) is 17.3 Å². The van der Waals surface area contributed by atoms with Gasteiger partial charge in [-0.2, -0.15) is 0 Å². The minimum absolute atomic E-state index is 0.00691. The van der Waals surface area contributed by atoms with Crippen molar-refractivity contribution in [3.05, 3.63) is 35.9 Å². The fourth-order valence-corrected chi connectivity index (χ4v) is 2.26. The summed E-state index contributed by atoms with van der Waals surface area (Å²) in [5.41, 5.74) is 1.14. The van der Waals surface area contributed by atoms with Crippen LogP contribution in [0.4, 0.5) is 0 Å². The summed E-state index contributed by atoms with van der Waals surface area (Å²) in [7, 11) is 0. The van der Waals surface area contributed by atoms with Gasteiger partial charge in [0.15, 0.2) is 5.78 Å². The van der Waals surface area contributed by atoms with Crippen molar-refractivity contribution in [2.24, 2.45) is 0 Å². The Labute approximate surface area is 115 Å². The van der Waals surface area contributed by atoms with Crippen molar-refractivity contribution in [3.8, 4) is 0 Å². The van der Waals surface area contributed by atoms with Gasteiger partial charge in [0.25, 0.3) is 0 Å². The normalized spacial score (nSPS) is 11.9. The molecule has 0 spiro atoms. The summed E-state index contributed by atoms with van der Waals surface area (Å²) in [5.74, 6) is -0.0572. The quantitative estimate of drug-likeness (QED) is 0.634. The van der Waals surface area contributed by atoms with E-state index in [2.05, 4.69) is 27.9 Å². The van der Waals surface area contributed by atoms with Crippen LogP contribution in [-0.4, -0.2) is 22.2 Å². The van der Waals surface area contributed by atoms with Crippen LogP contribution in [0.1, 0.15) is 18.9 Å². The van der Waals surface area contributed by atoms with Gasteiger partial charge in [0, 0.05) is 10.8 Å². The molecule has 0 aliphatic carbocycles. The summed E-state index contributed by atoms with van der Waals surface area (Å²) < 4.78 is 0.615. The first-order valence-electron chi connectivity index (χ1n) is 5.53. The van der Waals surface area contributed by atoms with Gasteiger partial charge in [0.1, 0.15) is 0 Å². The summed E-state index contributed by atoms with van der Waals surface area (Å²) in [4.78, 5) is 22.8. The molecule has 17 heavy (non-hydrogen) atoms. The second kappa shape index (κ2) is 7.42. The first-order chi connectivity index (χ1) is 8.13. The molecule has 0 heterocycles. The lowest BCUT2D eigenvalue weighted by atomic mass is 10.1. The molecule has 0 saturated heterocycles. The van der Waals surface area contributed by atoms with Gasteiger partial charge in [-0.25, -0.2) is 0 Å². The average Bonchev–Trinajstić information content (AvgIpc) is 2.34. The number of aryl methyl sites for hydroxylation is 1. The second-order valence-corrected chi connectivity index (χ2v) is 4.75. The van der Waals surface area contributed by atoms with Gasteiger partial charge in [-0.05, 0) is 18.9 Å². The number of benzene rings is 1. The molecular weight excluding hydrogens is 329 g/mol. The molecule has 0 fully saturated rings. The van der Waals surface area contributed by atoms with Crippen LogP contribution in [0.25, 0.3) is 0 Å². The van der Waals surface area contributed by atoms with Gasteiger partial charge in [0.05, 0.1) is 6.04 Å². The maximum absolute atomic E-state index is 11.6. The van der Waals surface area contributed by atoms with Crippen molar-refractivity contribution < 1.29 is 9.59 Å². The van der Waals surface area contributed by atoms with Crippen LogP contribution >= 0.6 is 22.6 Å². The Morgan fingerprint density at radius 2 is 1.94 bits per heavy atom. The second-order valence-electron chi connectivity index (χ2n) is 3.87. The number of carbonyl (C=O) groups excluding carboxylic acids is 2. The maximum atomic E-state index is 11.6. The largest absolute Gasteiger partial charge is 0.346 e. The molecule has 0 bridgehead atoms. The van der Waals surface area contributed by atoms with E-state index in [-0.39, 0.29) is 17.7 Å². The van der Waals surface area contributed by atoms with E-state index in [9.17, 15) is 9.59 Å². The van der Waals surface area contributed by atoms with Crippen molar-refractivity contribution in [1.82, 2.24) is 5.32 Å². The Morgan fingerprint density at radius 1 is 1.29 bits per heavy atom. The molecule has 1 aromatic rings. The number of carbonyl (C=O) groups is 2. The molecule has 1 rings (SSSR count). The zero-order valence-corrected chi connectivity index (χ0v) is 11.9. The van der Waals surface area contributed by atoms with E-state index >= 15 is 0 Å². The maximum Gasteiger partial charge on any atom is 0.220 e. The van der Waals surface area contributed by atoms with Crippen molar-refractivity contribution in [2.45, 2.75) is 25.8 Å². The van der Waals surface area contributed by atoms with Gasteiger partial charge in [0.2, 0.25) is 5.91 Å². The highest BCUT2D eigenvalue weighted by molar-refractivity contribution is 14.1. The van der Waals surface area contributed by atoms with Gasteiger partial charge in [-0.15, -0.1) is 0 Å². The summed E-state index contributed by atoms with van der Waals surface area (Å²) >= 11 is 2.10. The number of Topliss-reactive ketones (excluding diaryl/α,β-unsaturated/α-hetero) is 1. The summed E-state index contributed by atoms with van der Waals surface area (Å²) in [5, 5.41) is 2.74. The van der Waals surface area contributed by atoms with E-state index in [4.69, 9.17) is 0 Å². The monoisotopic (exact) mass is 345 g/mol. The van der Waals surface area contributed by atoms with E-state index < -0.39 is 0 Å². The number of alkyl halides is 1. The molecule has 1 N–H and O–H groups in total. The molecule has 92 valence electrons. The van der Waals surface area contributed by atoms with Crippen molar-refractivity contribution in [2.75, 3.05) is 4.43 Å². The lowest BCUT2D eigenvalue weighted by Crippen LogP contribution is -2.41. The Balaban J connectivity index is 2.37. The standard InChI is InChI=1S/C13H16INO2/c1-10(16)12(9-14)15-13(17)8-7-11-5-3-2-4-6-11/h2-6,12H,7-9H2,1H3,(H,15,17)/t12-/m0/s1. The first-order valence-corrected chi connectivity index (χ1v) is 7.05. The van der Waals surface area contributed by atoms with Crippen molar-refractivity contribution in [3.63, 3.8) is 0 Å². The predicted molar refractivity (Wildman–Crippen MR) is 76.3 cm³/mol. The molecule has 3 nitrogen and oxygen atoms in total. The van der Waals surface area contributed by atoms with Crippen LogP contribution in [0.5, 0.6) is 0 Å². The molecule has 0 saturated carbocycles. The third kappa shape index (κ3) is 5.30. The summed E-state index contributed by atoms with van der Waals surface area (Å²) in [6.45, 7) is 1.50. The molecule has 1 atom stereocenters. The molecule has 0 aromatic heterocycles. The topological polar surface area (TPSA) is 46.2 Å². The summed E-state index contributed by atoms with van der Waals surface area (Å²) in [6, 6.07) is 9.50. The highest BCUT2D eigenvalue weighted by Crippen LogP contribution is 2.03. The number of nitrogens with one attached hydrogen (secondary N) is 1. The van der Waals surface area contributed by atoms with Crippen LogP contribution in [0.3, 0.4) is 0 Å². The minimum Gasteiger partial charge on any atom is -0.346 e. The summed E-state index contributed by atoms with van der Waals surface area (Å²) in [6.07, 6.45) is 1.13. The minimum atomic E-state index is -0.348. The Bertz CT molecular complexity index is 378. The Hall–Kier alpha value is -0.910. The molecule has 0 aliphatic heterocycles. The van der Waals surface area contributed by atoms with Crippen LogP contribution in [0.2, 0.25) is 0 Å². The predicted octanol–water partition coefficient (Wildman–Crippen LogP) is 2.13. The van der Waals surface area contributed by atoms with E-state index in [1.165, 1.54) is 6.92 Å². The number of ketones is 1. The number of hydrogen-bond acceptors (Lipinski definition) is 2. The van der Waals surface area contributed by atoms with Crippen molar-refractivity contribution in [1.29, 1.82) is 0 Å². The molecule has 1 amide bonds. The van der Waals surface area contributed by atoms with Crippen molar-refractivity contribution >= 4 is 34.3 Å². The Morgan fingerprint density at radius 3 is 2.47 bits per heavy atom. The SMILES string of the molecule is CC(=O)[C@H](CI)NC(=O)CCc1ccccc1. The smallest absolute Gasteiger partial charge is 0.220 e. The number of halogens is 1. The molecular formula is C13H16INO2. The highest BCUT2D eigenvalue weighted by atomic mass is 127. The van der Waals surface area contributed by atoms with Gasteiger partial charge >= 0.3 is 0 Å². The fourth-order valence-electron chi connectivity index (χ4n) is 1.42. The van der Waals surface area contributed by atoms with Crippen LogP contribution < -0.4 is 5.32 Å². The number of rotatable bonds is 6. The lowest BCUT2D eigenvalue weighted by molar-refractivity contribution is -0.126. The number of amides is 1. The van der Waals surface area contributed by atoms with E-state index in [1.54, 1.807) is 0 Å². The fraction of sp³-hybridized carbons (Fsp3) is 0.385. The van der Waals surface area contributed by atoms with Crippen LogP contribution in [-0.2, 0) is 16.0 Å². The van der Waals surface area contributed by atoms with Gasteiger partial charge < -0.3 is 5.32 Å². The molecule has 0 unspecified atom stereocenters.